The van der Waals surface area contributed by atoms with E-state index in [-0.39, 0.29) is 5.92 Å². The molecule has 1 aliphatic rings. The van der Waals surface area contributed by atoms with Crippen LogP contribution < -0.4 is 0 Å². The van der Waals surface area contributed by atoms with Crippen LogP contribution in [0.4, 0.5) is 0 Å². The molecule has 1 aromatic rings. The van der Waals surface area contributed by atoms with Gasteiger partial charge in [0.25, 0.3) is 0 Å². The molecule has 2 N–H and O–H groups in total. The predicted octanol–water partition coefficient (Wildman–Crippen LogP) is 1.66. The summed E-state index contributed by atoms with van der Waals surface area (Å²) in [6.45, 7) is 0. The SMILES string of the molecule is O[C@H](c1ccccc1)[C@H]1C=CC[C@@H]1O. The van der Waals surface area contributed by atoms with Gasteiger partial charge in [0.1, 0.15) is 0 Å². The molecule has 0 bridgehead atoms. The summed E-state index contributed by atoms with van der Waals surface area (Å²) in [5.41, 5.74) is 0.864. The molecule has 1 aliphatic carbocycles. The lowest BCUT2D eigenvalue weighted by atomic mass is 9.93. The van der Waals surface area contributed by atoms with Gasteiger partial charge in [0.05, 0.1) is 12.2 Å². The Bertz CT molecular complexity index is 318. The third kappa shape index (κ3) is 1.72. The molecule has 14 heavy (non-hydrogen) atoms. The maximum Gasteiger partial charge on any atom is 0.0877 e. The van der Waals surface area contributed by atoms with Gasteiger partial charge in [-0.15, -0.1) is 0 Å². The first kappa shape index (κ1) is 9.44. The van der Waals surface area contributed by atoms with Gasteiger partial charge >= 0.3 is 0 Å². The van der Waals surface area contributed by atoms with Crippen molar-refractivity contribution in [1.82, 2.24) is 0 Å². The van der Waals surface area contributed by atoms with Gasteiger partial charge < -0.3 is 10.2 Å². The first-order valence-corrected chi connectivity index (χ1v) is 4.87. The second kappa shape index (κ2) is 3.95. The Morgan fingerprint density at radius 3 is 2.50 bits per heavy atom. The lowest BCUT2D eigenvalue weighted by Gasteiger charge is -2.20. The van der Waals surface area contributed by atoms with Crippen molar-refractivity contribution in [2.24, 2.45) is 5.92 Å². The minimum Gasteiger partial charge on any atom is -0.392 e. The average molecular weight is 190 g/mol. The molecule has 0 amide bonds. The Labute approximate surface area is 83.5 Å². The molecule has 0 aliphatic heterocycles. The molecule has 2 nitrogen and oxygen atoms in total. The van der Waals surface area contributed by atoms with Crippen LogP contribution in [0.15, 0.2) is 42.5 Å². The summed E-state index contributed by atoms with van der Waals surface area (Å²) in [6.07, 6.45) is 3.42. The summed E-state index contributed by atoms with van der Waals surface area (Å²) in [7, 11) is 0. The number of benzene rings is 1. The Morgan fingerprint density at radius 2 is 1.93 bits per heavy atom. The molecule has 74 valence electrons. The molecule has 3 atom stereocenters. The van der Waals surface area contributed by atoms with Gasteiger partial charge in [0.15, 0.2) is 0 Å². The van der Waals surface area contributed by atoms with E-state index < -0.39 is 12.2 Å². The number of hydrogen-bond donors (Lipinski definition) is 2. The van der Waals surface area contributed by atoms with E-state index in [9.17, 15) is 10.2 Å². The predicted molar refractivity (Wildman–Crippen MR) is 54.7 cm³/mol. The number of aliphatic hydroxyl groups excluding tert-OH is 2. The highest BCUT2D eigenvalue weighted by atomic mass is 16.3. The standard InChI is InChI=1S/C12H14O2/c13-11-8-4-7-10(11)12(14)9-5-2-1-3-6-9/h1-7,10-14H,8H2/t10-,11-,12+/m0/s1. The van der Waals surface area contributed by atoms with Crippen molar-refractivity contribution < 1.29 is 10.2 Å². The highest BCUT2D eigenvalue weighted by molar-refractivity contribution is 5.21. The maximum absolute atomic E-state index is 9.98. The Balaban J connectivity index is 2.16. The third-order valence-corrected chi connectivity index (χ3v) is 2.69. The largest absolute Gasteiger partial charge is 0.392 e. The van der Waals surface area contributed by atoms with Gasteiger partial charge in [-0.05, 0) is 12.0 Å². The zero-order valence-electron chi connectivity index (χ0n) is 7.88. The summed E-state index contributed by atoms with van der Waals surface area (Å²) in [6, 6.07) is 9.46. The molecule has 2 rings (SSSR count). The van der Waals surface area contributed by atoms with Crippen molar-refractivity contribution >= 4 is 0 Å². The molecule has 0 radical (unpaired) electrons. The van der Waals surface area contributed by atoms with E-state index in [0.717, 1.165) is 5.56 Å². The fourth-order valence-electron chi connectivity index (χ4n) is 1.85. The van der Waals surface area contributed by atoms with Crippen LogP contribution in [-0.2, 0) is 0 Å². The summed E-state index contributed by atoms with van der Waals surface area (Å²) < 4.78 is 0. The minimum atomic E-state index is -0.593. The lowest BCUT2D eigenvalue weighted by molar-refractivity contribution is 0.0456. The first-order valence-electron chi connectivity index (χ1n) is 4.87. The summed E-state index contributed by atoms with van der Waals surface area (Å²) in [5, 5.41) is 19.6. The highest BCUT2D eigenvalue weighted by Gasteiger charge is 2.28. The lowest BCUT2D eigenvalue weighted by Crippen LogP contribution is -2.21. The summed E-state index contributed by atoms with van der Waals surface area (Å²) in [4.78, 5) is 0. The monoisotopic (exact) mass is 190 g/mol. The third-order valence-electron chi connectivity index (χ3n) is 2.69. The van der Waals surface area contributed by atoms with Crippen LogP contribution in [0.3, 0.4) is 0 Å². The Kier molecular flexibility index (Phi) is 2.66. The second-order valence-electron chi connectivity index (χ2n) is 3.66. The fourth-order valence-corrected chi connectivity index (χ4v) is 1.85. The van der Waals surface area contributed by atoms with E-state index in [1.54, 1.807) is 0 Å². The second-order valence-corrected chi connectivity index (χ2v) is 3.66. The molecule has 0 saturated carbocycles. The molecule has 0 unspecified atom stereocenters. The van der Waals surface area contributed by atoms with Crippen molar-refractivity contribution in [2.45, 2.75) is 18.6 Å². The van der Waals surface area contributed by atoms with Gasteiger partial charge in [-0.3, -0.25) is 0 Å². The smallest absolute Gasteiger partial charge is 0.0877 e. The Morgan fingerprint density at radius 1 is 1.21 bits per heavy atom. The molecule has 0 heterocycles. The molecule has 0 fully saturated rings. The molecule has 0 spiro atoms. The van der Waals surface area contributed by atoms with Crippen LogP contribution in [0.1, 0.15) is 18.1 Å². The topological polar surface area (TPSA) is 40.5 Å². The van der Waals surface area contributed by atoms with Crippen molar-refractivity contribution in [3.05, 3.63) is 48.0 Å². The highest BCUT2D eigenvalue weighted by Crippen LogP contribution is 2.30. The van der Waals surface area contributed by atoms with E-state index in [1.807, 2.05) is 42.5 Å². The van der Waals surface area contributed by atoms with Crippen LogP contribution in [0.2, 0.25) is 0 Å². The van der Waals surface area contributed by atoms with Crippen molar-refractivity contribution in [1.29, 1.82) is 0 Å². The Hall–Kier alpha value is -1.12. The van der Waals surface area contributed by atoms with Crippen LogP contribution in [0.25, 0.3) is 0 Å². The van der Waals surface area contributed by atoms with Crippen LogP contribution in [0, 0.1) is 5.92 Å². The zero-order chi connectivity index (χ0) is 9.97. The van der Waals surface area contributed by atoms with Gasteiger partial charge in [0, 0.05) is 5.92 Å². The fraction of sp³-hybridized carbons (Fsp3) is 0.333. The number of hydrogen-bond acceptors (Lipinski definition) is 2. The van der Waals surface area contributed by atoms with Crippen molar-refractivity contribution in [3.63, 3.8) is 0 Å². The molecule has 0 aromatic heterocycles. The van der Waals surface area contributed by atoms with Gasteiger partial charge in [-0.1, -0.05) is 42.5 Å². The maximum atomic E-state index is 9.98. The van der Waals surface area contributed by atoms with E-state index in [2.05, 4.69) is 0 Å². The van der Waals surface area contributed by atoms with Crippen LogP contribution in [-0.4, -0.2) is 16.3 Å². The molecule has 0 saturated heterocycles. The summed E-state index contributed by atoms with van der Waals surface area (Å²) >= 11 is 0. The van der Waals surface area contributed by atoms with Crippen molar-refractivity contribution in [2.75, 3.05) is 0 Å². The number of rotatable bonds is 2. The molecular formula is C12H14O2. The average Bonchev–Trinajstić information content (AvgIpc) is 2.65. The zero-order valence-corrected chi connectivity index (χ0v) is 7.88. The van der Waals surface area contributed by atoms with E-state index in [1.165, 1.54) is 0 Å². The van der Waals surface area contributed by atoms with Crippen LogP contribution in [0.5, 0.6) is 0 Å². The van der Waals surface area contributed by atoms with E-state index in [4.69, 9.17) is 0 Å². The quantitative estimate of drug-likeness (QED) is 0.696. The normalized spacial score (nSPS) is 27.9. The minimum absolute atomic E-state index is 0.155. The van der Waals surface area contributed by atoms with Crippen LogP contribution >= 0.6 is 0 Å². The van der Waals surface area contributed by atoms with Gasteiger partial charge in [0.2, 0.25) is 0 Å². The molecule has 2 heteroatoms. The van der Waals surface area contributed by atoms with Gasteiger partial charge in [-0.2, -0.15) is 0 Å². The molecular weight excluding hydrogens is 176 g/mol. The van der Waals surface area contributed by atoms with E-state index >= 15 is 0 Å². The first-order chi connectivity index (χ1) is 6.79. The summed E-state index contributed by atoms with van der Waals surface area (Å²) in [5.74, 6) is -0.155. The number of aliphatic hydroxyl groups is 2. The van der Waals surface area contributed by atoms with E-state index in [0.29, 0.717) is 6.42 Å². The van der Waals surface area contributed by atoms with Gasteiger partial charge in [-0.25, -0.2) is 0 Å². The molecule has 1 aromatic carbocycles. The van der Waals surface area contributed by atoms with Crippen molar-refractivity contribution in [3.8, 4) is 0 Å².